The molecule has 0 saturated heterocycles. The van der Waals surface area contributed by atoms with Gasteiger partial charge >= 0.3 is 0 Å². The zero-order chi connectivity index (χ0) is 13.7. The second-order valence-electron chi connectivity index (χ2n) is 4.29. The van der Waals surface area contributed by atoms with Gasteiger partial charge in [-0.3, -0.25) is 0 Å². The Morgan fingerprint density at radius 1 is 1.37 bits per heavy atom. The van der Waals surface area contributed by atoms with Crippen molar-refractivity contribution in [2.24, 2.45) is 0 Å². The minimum Gasteiger partial charge on any atom is -0.497 e. The van der Waals surface area contributed by atoms with Crippen molar-refractivity contribution < 1.29 is 9.15 Å². The molecule has 0 aliphatic heterocycles. The molecule has 1 aromatic carbocycles. The van der Waals surface area contributed by atoms with Crippen molar-refractivity contribution in [3.63, 3.8) is 0 Å². The number of hydrogen-bond donors (Lipinski definition) is 1. The third kappa shape index (κ3) is 3.61. The molecule has 3 nitrogen and oxygen atoms in total. The lowest BCUT2D eigenvalue weighted by atomic mass is 10.0. The van der Waals surface area contributed by atoms with Crippen LogP contribution in [0.4, 0.5) is 0 Å². The quantitative estimate of drug-likeness (QED) is 0.874. The van der Waals surface area contributed by atoms with Crippen molar-refractivity contribution in [1.82, 2.24) is 5.32 Å². The molecule has 1 heterocycles. The highest BCUT2D eigenvalue weighted by Gasteiger charge is 2.15. The number of rotatable bonds is 6. The van der Waals surface area contributed by atoms with Crippen molar-refractivity contribution in [2.75, 3.05) is 13.7 Å². The lowest BCUT2D eigenvalue weighted by molar-refractivity contribution is 0.407. The van der Waals surface area contributed by atoms with Crippen molar-refractivity contribution in [3.8, 4) is 5.75 Å². The van der Waals surface area contributed by atoms with E-state index in [-0.39, 0.29) is 6.04 Å². The highest BCUT2D eigenvalue weighted by molar-refractivity contribution is 9.10. The molecule has 19 heavy (non-hydrogen) atoms. The van der Waals surface area contributed by atoms with Gasteiger partial charge in [0.15, 0.2) is 0 Å². The topological polar surface area (TPSA) is 34.4 Å². The Kier molecular flexibility index (Phi) is 5.05. The van der Waals surface area contributed by atoms with E-state index in [9.17, 15) is 0 Å². The number of benzene rings is 1. The van der Waals surface area contributed by atoms with Gasteiger partial charge < -0.3 is 14.5 Å². The zero-order valence-corrected chi connectivity index (χ0v) is 12.7. The van der Waals surface area contributed by atoms with Gasteiger partial charge in [-0.2, -0.15) is 0 Å². The Hall–Kier alpha value is -1.26. The van der Waals surface area contributed by atoms with Gasteiger partial charge in [0, 0.05) is 4.47 Å². The third-order valence-electron chi connectivity index (χ3n) is 3.01. The molecule has 2 aromatic rings. The van der Waals surface area contributed by atoms with Crippen LogP contribution in [-0.4, -0.2) is 13.7 Å². The predicted octanol–water partition coefficient (Wildman–Crippen LogP) is 3.94. The second kappa shape index (κ2) is 6.78. The van der Waals surface area contributed by atoms with Gasteiger partial charge in [-0.1, -0.05) is 22.9 Å². The molecule has 0 bridgehead atoms. The number of likely N-dealkylation sites (N-methyl/N-ethyl adjacent to an activating group) is 1. The van der Waals surface area contributed by atoms with Crippen LogP contribution < -0.4 is 10.1 Å². The van der Waals surface area contributed by atoms with Crippen LogP contribution in [-0.2, 0) is 6.42 Å². The molecule has 4 heteroatoms. The maximum atomic E-state index is 5.51. The molecule has 0 spiro atoms. The van der Waals surface area contributed by atoms with Gasteiger partial charge in [0.25, 0.3) is 0 Å². The summed E-state index contributed by atoms with van der Waals surface area (Å²) in [6.07, 6.45) is 2.55. The normalized spacial score (nSPS) is 12.4. The first-order chi connectivity index (χ1) is 9.24. The van der Waals surface area contributed by atoms with Crippen LogP contribution in [0.25, 0.3) is 0 Å². The highest BCUT2D eigenvalue weighted by atomic mass is 79.9. The Morgan fingerprint density at radius 2 is 2.21 bits per heavy atom. The van der Waals surface area contributed by atoms with Gasteiger partial charge in [0.1, 0.15) is 11.5 Å². The maximum Gasteiger partial charge on any atom is 0.121 e. The fraction of sp³-hybridized carbons (Fsp3) is 0.333. The van der Waals surface area contributed by atoms with Gasteiger partial charge in [0.2, 0.25) is 0 Å². The van der Waals surface area contributed by atoms with E-state index >= 15 is 0 Å². The molecule has 2 rings (SSSR count). The lowest BCUT2D eigenvalue weighted by Gasteiger charge is -2.17. The molecule has 1 aromatic heterocycles. The molecule has 1 N–H and O–H groups in total. The van der Waals surface area contributed by atoms with Crippen LogP contribution in [0.15, 0.2) is 45.5 Å². The minimum atomic E-state index is 0.170. The molecule has 0 saturated carbocycles. The summed E-state index contributed by atoms with van der Waals surface area (Å²) < 4.78 is 11.9. The van der Waals surface area contributed by atoms with E-state index in [0.29, 0.717) is 0 Å². The number of hydrogen-bond acceptors (Lipinski definition) is 3. The van der Waals surface area contributed by atoms with E-state index in [0.717, 1.165) is 28.9 Å². The van der Waals surface area contributed by atoms with Crippen LogP contribution in [0.2, 0.25) is 0 Å². The number of ether oxygens (including phenoxy) is 1. The molecule has 0 aliphatic carbocycles. The van der Waals surface area contributed by atoms with Crippen molar-refractivity contribution in [1.29, 1.82) is 0 Å². The molecule has 0 amide bonds. The lowest BCUT2D eigenvalue weighted by Crippen LogP contribution is -2.22. The van der Waals surface area contributed by atoms with E-state index in [1.165, 1.54) is 5.56 Å². The SMILES string of the molecule is CCNC(Cc1cc(OC)ccc1Br)c1ccco1. The van der Waals surface area contributed by atoms with Gasteiger partial charge in [0.05, 0.1) is 19.4 Å². The van der Waals surface area contributed by atoms with E-state index in [1.807, 2.05) is 24.3 Å². The predicted molar refractivity (Wildman–Crippen MR) is 79.5 cm³/mol. The number of halogens is 1. The molecule has 102 valence electrons. The second-order valence-corrected chi connectivity index (χ2v) is 5.14. The van der Waals surface area contributed by atoms with Gasteiger partial charge in [-0.25, -0.2) is 0 Å². The molecule has 1 unspecified atom stereocenters. The van der Waals surface area contributed by atoms with Gasteiger partial charge in [-0.15, -0.1) is 0 Å². The summed E-state index contributed by atoms with van der Waals surface area (Å²) in [6.45, 7) is 2.99. The molecule has 0 aliphatic rings. The Balaban J connectivity index is 2.21. The van der Waals surface area contributed by atoms with Crippen LogP contribution in [0.5, 0.6) is 5.75 Å². The summed E-state index contributed by atoms with van der Waals surface area (Å²) in [5.41, 5.74) is 1.20. The molecular formula is C15H18BrNO2. The largest absolute Gasteiger partial charge is 0.497 e. The molecule has 0 radical (unpaired) electrons. The molecule has 0 fully saturated rings. The smallest absolute Gasteiger partial charge is 0.121 e. The van der Waals surface area contributed by atoms with Crippen molar-refractivity contribution >= 4 is 15.9 Å². The summed E-state index contributed by atoms with van der Waals surface area (Å²) in [7, 11) is 1.68. The Morgan fingerprint density at radius 3 is 2.84 bits per heavy atom. The Bertz CT molecular complexity index is 511. The number of furan rings is 1. The fourth-order valence-electron chi connectivity index (χ4n) is 2.06. The van der Waals surface area contributed by atoms with E-state index < -0.39 is 0 Å². The summed E-state index contributed by atoms with van der Waals surface area (Å²) in [5, 5.41) is 3.44. The first kappa shape index (κ1) is 14.2. The summed E-state index contributed by atoms with van der Waals surface area (Å²) in [5.74, 6) is 1.82. The van der Waals surface area contributed by atoms with E-state index in [4.69, 9.17) is 9.15 Å². The van der Waals surface area contributed by atoms with Crippen molar-refractivity contribution in [3.05, 3.63) is 52.4 Å². The van der Waals surface area contributed by atoms with E-state index in [2.05, 4.69) is 34.2 Å². The van der Waals surface area contributed by atoms with Crippen LogP contribution in [0.3, 0.4) is 0 Å². The third-order valence-corrected chi connectivity index (χ3v) is 3.79. The first-order valence-electron chi connectivity index (χ1n) is 6.33. The highest BCUT2D eigenvalue weighted by Crippen LogP contribution is 2.27. The first-order valence-corrected chi connectivity index (χ1v) is 7.13. The monoisotopic (exact) mass is 323 g/mol. The molecule has 1 atom stereocenters. The van der Waals surface area contributed by atoms with Crippen LogP contribution in [0.1, 0.15) is 24.3 Å². The molecular weight excluding hydrogens is 306 g/mol. The number of nitrogens with one attached hydrogen (secondary N) is 1. The van der Waals surface area contributed by atoms with Crippen LogP contribution >= 0.6 is 15.9 Å². The fourth-order valence-corrected chi connectivity index (χ4v) is 2.47. The van der Waals surface area contributed by atoms with Gasteiger partial charge in [-0.05, 0) is 48.9 Å². The standard InChI is InChI=1S/C15H18BrNO2/c1-3-17-14(15-5-4-8-19-15)10-11-9-12(18-2)6-7-13(11)16/h4-9,14,17H,3,10H2,1-2H3. The minimum absolute atomic E-state index is 0.170. The summed E-state index contributed by atoms with van der Waals surface area (Å²) in [4.78, 5) is 0. The van der Waals surface area contributed by atoms with Crippen molar-refractivity contribution in [2.45, 2.75) is 19.4 Å². The maximum absolute atomic E-state index is 5.51. The zero-order valence-electron chi connectivity index (χ0n) is 11.2. The summed E-state index contributed by atoms with van der Waals surface area (Å²) in [6, 6.07) is 10.1. The summed E-state index contributed by atoms with van der Waals surface area (Å²) >= 11 is 3.59. The van der Waals surface area contributed by atoms with E-state index in [1.54, 1.807) is 13.4 Å². The van der Waals surface area contributed by atoms with Crippen LogP contribution in [0, 0.1) is 0 Å². The average Bonchev–Trinajstić information content (AvgIpc) is 2.94. The average molecular weight is 324 g/mol. The Labute approximate surface area is 122 Å². The number of methoxy groups -OCH3 is 1.